The van der Waals surface area contributed by atoms with Gasteiger partial charge in [0.15, 0.2) is 0 Å². The van der Waals surface area contributed by atoms with Gasteiger partial charge in [-0.15, -0.1) is 0 Å². The van der Waals surface area contributed by atoms with Crippen LogP contribution in [-0.4, -0.2) is 49.9 Å². The summed E-state index contributed by atoms with van der Waals surface area (Å²) in [6.45, 7) is 2.25. The molecule has 2 amide bonds. The van der Waals surface area contributed by atoms with Gasteiger partial charge in [-0.1, -0.05) is 18.9 Å². The van der Waals surface area contributed by atoms with Crippen LogP contribution in [0.4, 0.5) is 21.5 Å². The molecule has 1 aliphatic heterocycles. The molecule has 2 aromatic carbocycles. The van der Waals surface area contributed by atoms with Crippen molar-refractivity contribution in [3.8, 4) is 0 Å². The molecule has 1 fully saturated rings. The molecule has 3 rings (SSSR count). The number of nitrogens with one attached hydrogen (secondary N) is 2. The molecule has 30 heavy (non-hydrogen) atoms. The summed E-state index contributed by atoms with van der Waals surface area (Å²) in [5.41, 5.74) is 2.31. The van der Waals surface area contributed by atoms with E-state index in [-0.39, 0.29) is 24.9 Å². The third-order valence-electron chi connectivity index (χ3n) is 5.06. The highest BCUT2D eigenvalue weighted by Crippen LogP contribution is 2.21. The molecule has 160 valence electrons. The fraction of sp³-hybridized carbons (Fsp3) is 0.391. The summed E-state index contributed by atoms with van der Waals surface area (Å²) in [5, 5.41) is 5.49. The predicted molar refractivity (Wildman–Crippen MR) is 118 cm³/mol. The van der Waals surface area contributed by atoms with Gasteiger partial charge in [0, 0.05) is 30.2 Å². The van der Waals surface area contributed by atoms with Gasteiger partial charge in [-0.05, 0) is 62.4 Å². The van der Waals surface area contributed by atoms with Crippen molar-refractivity contribution in [2.45, 2.75) is 25.7 Å². The highest BCUT2D eigenvalue weighted by atomic mass is 19.1. The Labute approximate surface area is 177 Å². The maximum Gasteiger partial charge on any atom is 0.238 e. The van der Waals surface area contributed by atoms with Crippen LogP contribution >= 0.6 is 0 Å². The summed E-state index contributed by atoms with van der Waals surface area (Å²) in [6, 6.07) is 13.6. The molecule has 1 aliphatic rings. The topological polar surface area (TPSA) is 64.7 Å². The summed E-state index contributed by atoms with van der Waals surface area (Å²) < 4.78 is 13.2. The summed E-state index contributed by atoms with van der Waals surface area (Å²) >= 11 is 0. The smallest absolute Gasteiger partial charge is 0.238 e. The average molecular weight is 413 g/mol. The molecule has 6 nitrogen and oxygen atoms in total. The van der Waals surface area contributed by atoms with Gasteiger partial charge in [0.2, 0.25) is 11.8 Å². The zero-order chi connectivity index (χ0) is 21.3. The van der Waals surface area contributed by atoms with E-state index < -0.39 is 5.82 Å². The molecule has 0 spiro atoms. The number of likely N-dealkylation sites (N-methyl/N-ethyl adjacent to an activating group) is 1. The molecule has 2 N–H and O–H groups in total. The largest absolute Gasteiger partial charge is 0.372 e. The minimum Gasteiger partial charge on any atom is -0.372 e. The summed E-state index contributed by atoms with van der Waals surface area (Å²) in [7, 11) is 1.69. The van der Waals surface area contributed by atoms with Crippen LogP contribution in [0, 0.1) is 5.82 Å². The predicted octanol–water partition coefficient (Wildman–Crippen LogP) is 3.72. The summed E-state index contributed by atoms with van der Waals surface area (Å²) in [6.07, 6.45) is 5.02. The highest BCUT2D eigenvalue weighted by molar-refractivity contribution is 5.94. The number of anilines is 3. The van der Waals surface area contributed by atoms with Crippen LogP contribution in [0.5, 0.6) is 0 Å². The van der Waals surface area contributed by atoms with E-state index in [4.69, 9.17) is 0 Å². The monoisotopic (exact) mass is 412 g/mol. The van der Waals surface area contributed by atoms with E-state index in [9.17, 15) is 14.0 Å². The second-order valence-corrected chi connectivity index (χ2v) is 7.73. The van der Waals surface area contributed by atoms with Crippen molar-refractivity contribution < 1.29 is 14.0 Å². The van der Waals surface area contributed by atoms with E-state index in [1.54, 1.807) is 18.0 Å². The molecule has 7 heteroatoms. The molecule has 0 bridgehead atoms. The first-order valence-corrected chi connectivity index (χ1v) is 10.4. The lowest BCUT2D eigenvalue weighted by Crippen LogP contribution is -2.36. The third-order valence-corrected chi connectivity index (χ3v) is 5.06. The Morgan fingerprint density at radius 2 is 1.50 bits per heavy atom. The quantitative estimate of drug-likeness (QED) is 0.728. The minimum atomic E-state index is -0.414. The van der Waals surface area contributed by atoms with E-state index in [0.29, 0.717) is 5.69 Å². The van der Waals surface area contributed by atoms with Gasteiger partial charge in [0.25, 0.3) is 0 Å². The zero-order valence-corrected chi connectivity index (χ0v) is 17.4. The van der Waals surface area contributed by atoms with Crippen molar-refractivity contribution in [1.29, 1.82) is 0 Å². The van der Waals surface area contributed by atoms with Crippen molar-refractivity contribution in [3.05, 3.63) is 54.3 Å². The maximum absolute atomic E-state index is 13.2. The zero-order valence-electron chi connectivity index (χ0n) is 17.4. The molecular weight excluding hydrogens is 383 g/mol. The number of amides is 2. The SMILES string of the molecule is CN(CC(=O)Nc1ccc(N2CCCCCC2)cc1)CC(=O)Nc1cccc(F)c1. The first kappa shape index (κ1) is 21.8. The molecule has 2 aromatic rings. The number of hydrogen-bond donors (Lipinski definition) is 2. The van der Waals surface area contributed by atoms with Gasteiger partial charge in [0.1, 0.15) is 5.82 Å². The van der Waals surface area contributed by atoms with Gasteiger partial charge < -0.3 is 15.5 Å². The number of rotatable bonds is 7. The number of carbonyl (C=O) groups excluding carboxylic acids is 2. The Kier molecular flexibility index (Phi) is 7.79. The first-order valence-electron chi connectivity index (χ1n) is 10.4. The second-order valence-electron chi connectivity index (χ2n) is 7.73. The number of halogens is 1. The molecular formula is C23H29FN4O2. The Balaban J connectivity index is 1.44. The van der Waals surface area contributed by atoms with Gasteiger partial charge in [-0.3, -0.25) is 14.5 Å². The van der Waals surface area contributed by atoms with Gasteiger partial charge in [-0.25, -0.2) is 4.39 Å². The molecule has 0 atom stereocenters. The Hall–Kier alpha value is -2.93. The molecule has 0 saturated carbocycles. The van der Waals surface area contributed by atoms with Crippen LogP contribution in [0.25, 0.3) is 0 Å². The lowest BCUT2D eigenvalue weighted by atomic mass is 10.2. The summed E-state index contributed by atoms with van der Waals surface area (Å²) in [4.78, 5) is 28.4. The number of nitrogens with zero attached hydrogens (tertiary/aromatic N) is 2. The maximum atomic E-state index is 13.2. The van der Waals surface area contributed by atoms with E-state index in [1.165, 1.54) is 49.6 Å². The van der Waals surface area contributed by atoms with Crippen molar-refractivity contribution in [1.82, 2.24) is 4.90 Å². The van der Waals surface area contributed by atoms with Gasteiger partial charge >= 0.3 is 0 Å². The Bertz CT molecular complexity index is 849. The standard InChI is InChI=1S/C23H29FN4O2/c1-27(17-23(30)26-20-8-6-7-18(24)15-20)16-22(29)25-19-9-11-21(12-10-19)28-13-4-2-3-5-14-28/h6-12,15H,2-5,13-14,16-17H2,1H3,(H,25,29)(H,26,30). The van der Waals surface area contributed by atoms with Crippen LogP contribution in [0.15, 0.2) is 48.5 Å². The van der Waals surface area contributed by atoms with E-state index in [0.717, 1.165) is 18.8 Å². The van der Waals surface area contributed by atoms with E-state index in [1.807, 2.05) is 24.3 Å². The van der Waals surface area contributed by atoms with Crippen molar-refractivity contribution in [2.75, 3.05) is 48.8 Å². The summed E-state index contributed by atoms with van der Waals surface area (Å²) in [5.74, 6) is -0.918. The molecule has 0 aromatic heterocycles. The van der Waals surface area contributed by atoms with E-state index >= 15 is 0 Å². The molecule has 1 saturated heterocycles. The van der Waals surface area contributed by atoms with Crippen molar-refractivity contribution >= 4 is 28.9 Å². The van der Waals surface area contributed by atoms with Crippen molar-refractivity contribution in [3.63, 3.8) is 0 Å². The van der Waals surface area contributed by atoms with Crippen LogP contribution in [0.2, 0.25) is 0 Å². The second kappa shape index (κ2) is 10.7. The minimum absolute atomic E-state index is 0.0256. The number of benzene rings is 2. The molecule has 0 radical (unpaired) electrons. The van der Waals surface area contributed by atoms with Crippen LogP contribution in [0.1, 0.15) is 25.7 Å². The van der Waals surface area contributed by atoms with Crippen LogP contribution < -0.4 is 15.5 Å². The fourth-order valence-electron chi connectivity index (χ4n) is 3.60. The van der Waals surface area contributed by atoms with Crippen LogP contribution in [-0.2, 0) is 9.59 Å². The van der Waals surface area contributed by atoms with Gasteiger partial charge in [0.05, 0.1) is 13.1 Å². The average Bonchev–Trinajstić information content (AvgIpc) is 2.97. The highest BCUT2D eigenvalue weighted by Gasteiger charge is 2.13. The first-order chi connectivity index (χ1) is 14.5. The molecule has 0 aliphatic carbocycles. The number of hydrogen-bond acceptors (Lipinski definition) is 4. The lowest BCUT2D eigenvalue weighted by Gasteiger charge is -2.23. The van der Waals surface area contributed by atoms with E-state index in [2.05, 4.69) is 15.5 Å². The van der Waals surface area contributed by atoms with Crippen LogP contribution in [0.3, 0.4) is 0 Å². The molecule has 0 unspecified atom stereocenters. The molecule has 1 heterocycles. The Morgan fingerprint density at radius 1 is 0.900 bits per heavy atom. The number of carbonyl (C=O) groups is 2. The Morgan fingerprint density at radius 3 is 2.10 bits per heavy atom. The van der Waals surface area contributed by atoms with Crippen molar-refractivity contribution in [2.24, 2.45) is 0 Å². The fourth-order valence-corrected chi connectivity index (χ4v) is 3.60. The normalized spacial score (nSPS) is 14.3. The van der Waals surface area contributed by atoms with Gasteiger partial charge in [-0.2, -0.15) is 0 Å². The third kappa shape index (κ3) is 6.84. The lowest BCUT2D eigenvalue weighted by molar-refractivity contribution is -0.119.